The third-order valence-corrected chi connectivity index (χ3v) is 7.32. The lowest BCUT2D eigenvalue weighted by atomic mass is 9.70. The molecule has 1 fully saturated rings. The van der Waals surface area contributed by atoms with E-state index in [2.05, 4.69) is 24.8 Å². The minimum atomic E-state index is -4.36. The van der Waals surface area contributed by atoms with E-state index < -0.39 is 17.2 Å². The maximum Gasteiger partial charge on any atom is 0.416 e. The van der Waals surface area contributed by atoms with E-state index in [0.717, 1.165) is 42.6 Å². The number of hydrogen-bond acceptors (Lipinski definition) is 3. The molecule has 1 heterocycles. The van der Waals surface area contributed by atoms with E-state index in [4.69, 9.17) is 4.74 Å². The molecule has 0 aromatic heterocycles. The molecule has 1 saturated heterocycles. The lowest BCUT2D eigenvalue weighted by molar-refractivity contribution is -0.137. The summed E-state index contributed by atoms with van der Waals surface area (Å²) in [7, 11) is 0. The average molecular weight is 493 g/mol. The quantitative estimate of drug-likeness (QED) is 0.333. The molecule has 3 aromatic carbocycles. The van der Waals surface area contributed by atoms with E-state index >= 15 is 0 Å². The number of ether oxygens (including phenoxy) is 1. The summed E-state index contributed by atoms with van der Waals surface area (Å²) in [6.45, 7) is 5.88. The highest BCUT2D eigenvalue weighted by Gasteiger charge is 2.40. The summed E-state index contributed by atoms with van der Waals surface area (Å²) in [6.07, 6.45) is -2.20. The van der Waals surface area contributed by atoms with Crippen LogP contribution in [-0.4, -0.2) is 29.6 Å². The summed E-state index contributed by atoms with van der Waals surface area (Å²) < 4.78 is 44.5. The molecular weight excluding hydrogens is 461 g/mol. The third-order valence-electron chi connectivity index (χ3n) is 7.32. The molecule has 0 N–H and O–H groups in total. The number of likely N-dealkylation sites (tertiary alicyclic amines) is 1. The molecule has 0 amide bonds. The van der Waals surface area contributed by atoms with Crippen LogP contribution in [0.25, 0.3) is 0 Å². The Labute approximate surface area is 211 Å². The van der Waals surface area contributed by atoms with Crippen molar-refractivity contribution in [3.05, 3.63) is 102 Å². The Hall–Kier alpha value is -3.30. The van der Waals surface area contributed by atoms with Gasteiger partial charge in [0.05, 0.1) is 11.6 Å². The van der Waals surface area contributed by atoms with Crippen molar-refractivity contribution < 1.29 is 17.9 Å². The van der Waals surface area contributed by atoms with Crippen LogP contribution in [0.5, 0.6) is 5.75 Å². The monoisotopic (exact) mass is 492 g/mol. The molecule has 0 aliphatic carbocycles. The lowest BCUT2D eigenvalue weighted by Gasteiger charge is -2.38. The molecule has 1 aliphatic heterocycles. The predicted octanol–water partition coefficient (Wildman–Crippen LogP) is 7.23. The molecule has 36 heavy (non-hydrogen) atoms. The van der Waals surface area contributed by atoms with Gasteiger partial charge < -0.3 is 4.74 Å². The molecule has 4 rings (SSSR count). The highest BCUT2D eigenvalue weighted by Crippen LogP contribution is 2.40. The van der Waals surface area contributed by atoms with Crippen LogP contribution < -0.4 is 4.74 Å². The molecule has 3 aromatic rings. The number of halogens is 3. The number of hydrogen-bond donors (Lipinski definition) is 0. The zero-order chi connectivity index (χ0) is 25.8. The van der Waals surface area contributed by atoms with Crippen LogP contribution in [0.2, 0.25) is 0 Å². The Morgan fingerprint density at radius 1 is 0.833 bits per heavy atom. The molecule has 0 radical (unpaired) electrons. The second-order valence-electron chi connectivity index (χ2n) is 10.1. The Bertz CT molecular complexity index is 1130. The molecule has 3 nitrogen and oxygen atoms in total. The van der Waals surface area contributed by atoms with Crippen LogP contribution in [0.3, 0.4) is 0 Å². The Morgan fingerprint density at radius 3 is 1.89 bits per heavy atom. The van der Waals surface area contributed by atoms with Crippen molar-refractivity contribution in [3.63, 3.8) is 0 Å². The summed E-state index contributed by atoms with van der Waals surface area (Å²) in [5.41, 5.74) is 0.347. The predicted molar refractivity (Wildman–Crippen MR) is 135 cm³/mol. The van der Waals surface area contributed by atoms with Gasteiger partial charge >= 0.3 is 6.18 Å². The maximum atomic E-state index is 12.8. The molecule has 6 heteroatoms. The highest BCUT2D eigenvalue weighted by molar-refractivity contribution is 5.45. The van der Waals surface area contributed by atoms with Gasteiger partial charge in [0.15, 0.2) is 0 Å². The second kappa shape index (κ2) is 10.4. The summed E-state index contributed by atoms with van der Waals surface area (Å²) in [5.74, 6) is 0.448. The van der Waals surface area contributed by atoms with E-state index in [1.165, 1.54) is 12.1 Å². The number of nitrogens with zero attached hydrogens (tertiary/aromatic N) is 2. The van der Waals surface area contributed by atoms with Crippen LogP contribution in [0.1, 0.15) is 49.8 Å². The van der Waals surface area contributed by atoms with Crippen molar-refractivity contribution >= 4 is 0 Å². The van der Waals surface area contributed by atoms with Gasteiger partial charge in [-0.15, -0.1) is 0 Å². The van der Waals surface area contributed by atoms with E-state index in [9.17, 15) is 18.4 Å². The van der Waals surface area contributed by atoms with Crippen LogP contribution in [0, 0.1) is 11.3 Å². The molecule has 0 spiro atoms. The summed E-state index contributed by atoms with van der Waals surface area (Å²) in [6, 6.07) is 27.4. The summed E-state index contributed by atoms with van der Waals surface area (Å²) in [4.78, 5) is 2.36. The van der Waals surface area contributed by atoms with Crippen molar-refractivity contribution in [2.75, 3.05) is 13.1 Å². The molecule has 1 atom stereocenters. The number of rotatable bonds is 8. The van der Waals surface area contributed by atoms with E-state index in [1.807, 2.05) is 60.7 Å². The van der Waals surface area contributed by atoms with Crippen LogP contribution in [0.4, 0.5) is 13.2 Å². The SMILES string of the molecule is CC(C)(CCC(C#N)(c1ccccc1)c1ccccc1)N1CC[C@@H](Oc2ccc(C(F)(F)F)cc2)C1. The van der Waals surface area contributed by atoms with Gasteiger partial charge in [-0.2, -0.15) is 18.4 Å². The Balaban J connectivity index is 1.45. The molecule has 188 valence electrons. The molecule has 0 saturated carbocycles. The van der Waals surface area contributed by atoms with Gasteiger partial charge in [-0.25, -0.2) is 0 Å². The molecular formula is C30H31F3N2O. The molecule has 0 bridgehead atoms. The topological polar surface area (TPSA) is 36.3 Å². The van der Waals surface area contributed by atoms with Gasteiger partial charge in [-0.1, -0.05) is 60.7 Å². The van der Waals surface area contributed by atoms with Gasteiger partial charge in [0, 0.05) is 18.6 Å². The first-order valence-electron chi connectivity index (χ1n) is 12.3. The fourth-order valence-electron chi connectivity index (χ4n) is 5.03. The van der Waals surface area contributed by atoms with Crippen LogP contribution in [-0.2, 0) is 11.6 Å². The minimum absolute atomic E-state index is 0.0926. The molecule has 0 unspecified atom stereocenters. The Kier molecular flexibility index (Phi) is 7.42. The number of benzene rings is 3. The minimum Gasteiger partial charge on any atom is -0.489 e. The van der Waals surface area contributed by atoms with E-state index in [1.54, 1.807) is 0 Å². The third kappa shape index (κ3) is 5.57. The first kappa shape index (κ1) is 25.8. The summed E-state index contributed by atoms with van der Waals surface area (Å²) >= 11 is 0. The lowest BCUT2D eigenvalue weighted by Crippen LogP contribution is -2.44. The summed E-state index contributed by atoms with van der Waals surface area (Å²) in [5, 5.41) is 10.5. The zero-order valence-electron chi connectivity index (χ0n) is 20.6. The first-order chi connectivity index (χ1) is 17.1. The Morgan fingerprint density at radius 2 is 1.39 bits per heavy atom. The highest BCUT2D eigenvalue weighted by atomic mass is 19.4. The van der Waals surface area contributed by atoms with Gasteiger partial charge in [0.25, 0.3) is 0 Å². The number of nitriles is 1. The van der Waals surface area contributed by atoms with Crippen molar-refractivity contribution in [2.24, 2.45) is 0 Å². The van der Waals surface area contributed by atoms with Gasteiger partial charge in [-0.05, 0) is 68.5 Å². The van der Waals surface area contributed by atoms with Crippen molar-refractivity contribution in [1.82, 2.24) is 4.90 Å². The largest absolute Gasteiger partial charge is 0.489 e. The van der Waals surface area contributed by atoms with E-state index in [-0.39, 0.29) is 11.6 Å². The van der Waals surface area contributed by atoms with Crippen molar-refractivity contribution in [2.45, 2.75) is 56.3 Å². The standard InChI is InChI=1S/C30H31F3N2O/c1-28(2,35-20-17-27(21-35)36-26-15-13-25(14-16-26)30(31,32)33)18-19-29(22-34,23-9-5-3-6-10-23)24-11-7-4-8-12-24/h3-16,27H,17-21H2,1-2H3/t27-/m1/s1. The fourth-order valence-corrected chi connectivity index (χ4v) is 5.03. The first-order valence-corrected chi connectivity index (χ1v) is 12.3. The van der Waals surface area contributed by atoms with Gasteiger partial charge in [0.2, 0.25) is 0 Å². The molecule has 1 aliphatic rings. The normalized spacial score (nSPS) is 17.1. The van der Waals surface area contributed by atoms with Gasteiger partial charge in [-0.3, -0.25) is 4.90 Å². The smallest absolute Gasteiger partial charge is 0.416 e. The van der Waals surface area contributed by atoms with Crippen LogP contribution >= 0.6 is 0 Å². The second-order valence-corrected chi connectivity index (χ2v) is 10.1. The van der Waals surface area contributed by atoms with Crippen molar-refractivity contribution in [1.29, 1.82) is 5.26 Å². The van der Waals surface area contributed by atoms with E-state index in [0.29, 0.717) is 18.7 Å². The fraction of sp³-hybridized carbons (Fsp3) is 0.367. The average Bonchev–Trinajstić information content (AvgIpc) is 3.35. The number of alkyl halides is 3. The van der Waals surface area contributed by atoms with Crippen LogP contribution in [0.15, 0.2) is 84.9 Å². The zero-order valence-corrected chi connectivity index (χ0v) is 20.6. The maximum absolute atomic E-state index is 12.8. The van der Waals surface area contributed by atoms with Crippen molar-refractivity contribution in [3.8, 4) is 11.8 Å². The van der Waals surface area contributed by atoms with Gasteiger partial charge in [0.1, 0.15) is 17.3 Å².